The van der Waals surface area contributed by atoms with E-state index in [1.807, 2.05) is 36.4 Å². The molecule has 1 atom stereocenters. The van der Waals surface area contributed by atoms with Crippen LogP contribution in [0.4, 0.5) is 10.1 Å². The van der Waals surface area contributed by atoms with Gasteiger partial charge in [-0.05, 0) is 84.0 Å². The molecule has 3 aromatic rings. The second-order valence-electron chi connectivity index (χ2n) is 9.93. The summed E-state index contributed by atoms with van der Waals surface area (Å²) in [6, 6.07) is 21.6. The largest absolute Gasteiger partial charge is 0.370 e. The smallest absolute Gasteiger partial charge is 0.143 e. The van der Waals surface area contributed by atoms with Gasteiger partial charge >= 0.3 is 0 Å². The fourth-order valence-corrected chi connectivity index (χ4v) is 5.32. The van der Waals surface area contributed by atoms with Gasteiger partial charge in [-0.1, -0.05) is 87.7 Å². The standard InChI is InChI=1S/C32H38FNO/c1-3-5-6-7-23-8-10-24(11-9-23)25-12-14-26(15-13-25)28-18-21-30(31(33)22-28)27-16-19-29(20-17-27)34-32(35)4-2/h4,12-24,32,34-35H,2-3,5-11H2,1H3. The zero-order valence-corrected chi connectivity index (χ0v) is 20.8. The fourth-order valence-electron chi connectivity index (χ4n) is 5.32. The van der Waals surface area contributed by atoms with E-state index in [9.17, 15) is 5.11 Å². The van der Waals surface area contributed by atoms with Gasteiger partial charge in [0.15, 0.2) is 0 Å². The van der Waals surface area contributed by atoms with Gasteiger partial charge in [0.2, 0.25) is 0 Å². The van der Waals surface area contributed by atoms with E-state index in [4.69, 9.17) is 0 Å². The molecule has 0 amide bonds. The van der Waals surface area contributed by atoms with Gasteiger partial charge in [-0.15, -0.1) is 0 Å². The Labute approximate surface area is 209 Å². The minimum absolute atomic E-state index is 0.236. The lowest BCUT2D eigenvalue weighted by Crippen LogP contribution is -2.14. The van der Waals surface area contributed by atoms with Crippen LogP contribution >= 0.6 is 0 Å². The molecule has 1 aliphatic rings. The van der Waals surface area contributed by atoms with E-state index in [2.05, 4.69) is 43.1 Å². The summed E-state index contributed by atoms with van der Waals surface area (Å²) in [4.78, 5) is 0. The van der Waals surface area contributed by atoms with E-state index in [-0.39, 0.29) is 5.82 Å². The normalized spacial score (nSPS) is 18.7. The molecule has 35 heavy (non-hydrogen) atoms. The highest BCUT2D eigenvalue weighted by molar-refractivity contribution is 5.72. The van der Waals surface area contributed by atoms with Crippen molar-refractivity contribution in [3.8, 4) is 22.3 Å². The molecule has 1 unspecified atom stereocenters. The van der Waals surface area contributed by atoms with Gasteiger partial charge in [0, 0.05) is 11.3 Å². The molecule has 0 aromatic heterocycles. The average Bonchev–Trinajstić information content (AvgIpc) is 2.90. The van der Waals surface area contributed by atoms with E-state index >= 15 is 4.39 Å². The molecular formula is C32H38FNO. The van der Waals surface area contributed by atoms with Crippen molar-refractivity contribution in [2.45, 2.75) is 70.4 Å². The highest BCUT2D eigenvalue weighted by Crippen LogP contribution is 2.38. The van der Waals surface area contributed by atoms with E-state index in [0.29, 0.717) is 11.5 Å². The lowest BCUT2D eigenvalue weighted by Gasteiger charge is -2.29. The summed E-state index contributed by atoms with van der Waals surface area (Å²) in [7, 11) is 0. The molecule has 0 saturated heterocycles. The molecule has 3 heteroatoms. The van der Waals surface area contributed by atoms with Crippen LogP contribution in [0.5, 0.6) is 0 Å². The molecule has 4 rings (SSSR count). The monoisotopic (exact) mass is 471 g/mol. The second-order valence-corrected chi connectivity index (χ2v) is 9.93. The molecule has 0 bridgehead atoms. The van der Waals surface area contributed by atoms with Crippen LogP contribution in [0.1, 0.15) is 69.8 Å². The zero-order chi connectivity index (χ0) is 24.6. The van der Waals surface area contributed by atoms with Crippen LogP contribution in [0.15, 0.2) is 79.4 Å². The van der Waals surface area contributed by atoms with Crippen LogP contribution in [0, 0.1) is 11.7 Å². The van der Waals surface area contributed by atoms with Crippen molar-refractivity contribution in [3.63, 3.8) is 0 Å². The first-order chi connectivity index (χ1) is 17.1. The highest BCUT2D eigenvalue weighted by atomic mass is 19.1. The minimum atomic E-state index is -0.811. The summed E-state index contributed by atoms with van der Waals surface area (Å²) >= 11 is 0. The predicted octanol–water partition coefficient (Wildman–Crippen LogP) is 8.93. The summed E-state index contributed by atoms with van der Waals surface area (Å²) in [5.74, 6) is 1.35. The molecule has 1 saturated carbocycles. The third-order valence-electron chi connectivity index (χ3n) is 7.48. The molecule has 2 nitrogen and oxygen atoms in total. The van der Waals surface area contributed by atoms with Crippen LogP contribution in [-0.4, -0.2) is 11.3 Å². The molecule has 0 radical (unpaired) electrons. The minimum Gasteiger partial charge on any atom is -0.370 e. The molecule has 3 aromatic carbocycles. The van der Waals surface area contributed by atoms with Gasteiger partial charge in [-0.2, -0.15) is 0 Å². The van der Waals surface area contributed by atoms with Gasteiger partial charge in [0.05, 0.1) is 0 Å². The maximum atomic E-state index is 15.0. The van der Waals surface area contributed by atoms with Crippen LogP contribution in [0.2, 0.25) is 0 Å². The van der Waals surface area contributed by atoms with Gasteiger partial charge in [0.1, 0.15) is 12.0 Å². The SMILES string of the molecule is C=CC(O)Nc1ccc(-c2ccc(-c3ccc(C4CCC(CCCCC)CC4)cc3)cc2F)cc1. The lowest BCUT2D eigenvalue weighted by atomic mass is 9.77. The number of anilines is 1. The fraction of sp³-hybridized carbons (Fsp3) is 0.375. The summed E-state index contributed by atoms with van der Waals surface area (Å²) in [5.41, 5.74) is 5.48. The van der Waals surface area contributed by atoms with Crippen LogP contribution < -0.4 is 5.32 Å². The van der Waals surface area contributed by atoms with Gasteiger partial charge in [0.25, 0.3) is 0 Å². The van der Waals surface area contributed by atoms with E-state index in [1.165, 1.54) is 63.0 Å². The first kappa shape index (κ1) is 25.2. The topological polar surface area (TPSA) is 32.3 Å². The molecule has 1 aliphatic carbocycles. The second kappa shape index (κ2) is 12.2. The van der Waals surface area contributed by atoms with Crippen molar-refractivity contribution >= 4 is 5.69 Å². The predicted molar refractivity (Wildman–Crippen MR) is 146 cm³/mol. The van der Waals surface area contributed by atoms with E-state index in [1.54, 1.807) is 6.07 Å². The van der Waals surface area contributed by atoms with Crippen LogP contribution in [0.25, 0.3) is 22.3 Å². The Morgan fingerprint density at radius 3 is 2.20 bits per heavy atom. The molecule has 0 heterocycles. The number of hydrogen-bond acceptors (Lipinski definition) is 2. The molecule has 0 aliphatic heterocycles. The Kier molecular flexibility index (Phi) is 8.76. The van der Waals surface area contributed by atoms with Crippen molar-refractivity contribution in [1.82, 2.24) is 0 Å². The molecule has 184 valence electrons. The van der Waals surface area contributed by atoms with Crippen molar-refractivity contribution in [2.75, 3.05) is 5.32 Å². The summed E-state index contributed by atoms with van der Waals surface area (Å²) < 4.78 is 15.0. The number of aliphatic hydroxyl groups is 1. The molecular weight excluding hydrogens is 433 g/mol. The van der Waals surface area contributed by atoms with Gasteiger partial charge in [-0.25, -0.2) is 4.39 Å². The van der Waals surface area contributed by atoms with E-state index in [0.717, 1.165) is 28.3 Å². The van der Waals surface area contributed by atoms with Crippen molar-refractivity contribution in [3.05, 3.63) is 90.8 Å². The number of hydrogen-bond donors (Lipinski definition) is 2. The number of unbranched alkanes of at least 4 members (excludes halogenated alkanes) is 2. The van der Waals surface area contributed by atoms with E-state index < -0.39 is 6.23 Å². The van der Waals surface area contributed by atoms with Crippen molar-refractivity contribution < 1.29 is 9.50 Å². The summed E-state index contributed by atoms with van der Waals surface area (Å²) in [6.07, 6.45) is 11.4. The van der Waals surface area contributed by atoms with Crippen molar-refractivity contribution in [2.24, 2.45) is 5.92 Å². The zero-order valence-electron chi connectivity index (χ0n) is 20.8. The van der Waals surface area contributed by atoms with Gasteiger partial charge < -0.3 is 10.4 Å². The Morgan fingerprint density at radius 1 is 0.914 bits per heavy atom. The third kappa shape index (κ3) is 6.61. The number of aliphatic hydroxyl groups excluding tert-OH is 1. The lowest BCUT2D eigenvalue weighted by molar-refractivity contribution is 0.253. The average molecular weight is 472 g/mol. The van der Waals surface area contributed by atoms with Gasteiger partial charge in [-0.3, -0.25) is 0 Å². The van der Waals surface area contributed by atoms with Crippen molar-refractivity contribution in [1.29, 1.82) is 0 Å². The highest BCUT2D eigenvalue weighted by Gasteiger charge is 2.22. The van der Waals surface area contributed by atoms with Crippen LogP contribution in [0.3, 0.4) is 0 Å². The Morgan fingerprint density at radius 2 is 1.57 bits per heavy atom. The summed E-state index contributed by atoms with van der Waals surface area (Å²) in [6.45, 7) is 5.82. The quantitative estimate of drug-likeness (QED) is 0.176. The third-order valence-corrected chi connectivity index (χ3v) is 7.48. The Hall–Kier alpha value is -2.91. The Balaban J connectivity index is 1.38. The first-order valence-corrected chi connectivity index (χ1v) is 13.1. The Bertz CT molecular complexity index is 1080. The van der Waals surface area contributed by atoms with Crippen LogP contribution in [-0.2, 0) is 0 Å². The summed E-state index contributed by atoms with van der Waals surface area (Å²) in [5, 5.41) is 12.5. The number of nitrogens with one attached hydrogen (secondary N) is 1. The maximum Gasteiger partial charge on any atom is 0.143 e. The number of rotatable bonds is 10. The molecule has 0 spiro atoms. The molecule has 2 N–H and O–H groups in total. The molecule has 1 fully saturated rings. The maximum absolute atomic E-state index is 15.0. The number of benzene rings is 3. The number of halogens is 1. The first-order valence-electron chi connectivity index (χ1n) is 13.1.